The fourth-order valence-corrected chi connectivity index (χ4v) is 2.67. The molecule has 0 spiro atoms. The van der Waals surface area contributed by atoms with E-state index in [1.165, 1.54) is 0 Å². The van der Waals surface area contributed by atoms with Crippen LogP contribution in [-0.2, 0) is 16.0 Å². The minimum absolute atomic E-state index is 0.144. The summed E-state index contributed by atoms with van der Waals surface area (Å²) in [6.45, 7) is 0.368. The highest BCUT2D eigenvalue weighted by Gasteiger charge is 2.17. The number of hydrogen-bond acceptors (Lipinski definition) is 4. The number of rotatable bonds is 6. The lowest BCUT2D eigenvalue weighted by atomic mass is 10.1. The number of methoxy groups -OCH3 is 1. The standard InChI is InChI=1S/C18H17ClN2O3/c1-23-11-16(12-6-8-13(19)9-7-12)20-18(22)10-15-14-4-2-3-5-17(14)24-21-15/h2-9,16H,10-11H2,1H3,(H,20,22)/t16-/m1/s1. The number of nitrogens with one attached hydrogen (secondary N) is 1. The third-order valence-corrected chi connectivity index (χ3v) is 3.97. The lowest BCUT2D eigenvalue weighted by Gasteiger charge is -2.18. The number of ether oxygens (including phenoxy) is 1. The molecule has 6 heteroatoms. The summed E-state index contributed by atoms with van der Waals surface area (Å²) >= 11 is 5.91. The Balaban J connectivity index is 1.72. The van der Waals surface area contributed by atoms with E-state index in [4.69, 9.17) is 20.9 Å². The van der Waals surface area contributed by atoms with Gasteiger partial charge in [0.25, 0.3) is 0 Å². The molecule has 3 rings (SSSR count). The van der Waals surface area contributed by atoms with Crippen LogP contribution in [-0.4, -0.2) is 24.8 Å². The molecule has 0 bridgehead atoms. The van der Waals surface area contributed by atoms with E-state index in [2.05, 4.69) is 10.5 Å². The lowest BCUT2D eigenvalue weighted by molar-refractivity contribution is -0.121. The SMILES string of the molecule is COC[C@@H](NC(=O)Cc1noc2ccccc12)c1ccc(Cl)cc1. The molecule has 0 unspecified atom stereocenters. The van der Waals surface area contributed by atoms with E-state index in [-0.39, 0.29) is 18.4 Å². The Hall–Kier alpha value is -2.37. The van der Waals surface area contributed by atoms with Crippen LogP contribution in [0.5, 0.6) is 0 Å². The van der Waals surface area contributed by atoms with Gasteiger partial charge in [0.2, 0.25) is 5.91 Å². The molecule has 0 aliphatic carbocycles. The van der Waals surface area contributed by atoms with E-state index >= 15 is 0 Å². The molecule has 0 fully saturated rings. The van der Waals surface area contributed by atoms with Gasteiger partial charge in [-0.15, -0.1) is 0 Å². The van der Waals surface area contributed by atoms with Crippen LogP contribution in [0.15, 0.2) is 53.1 Å². The fourth-order valence-electron chi connectivity index (χ4n) is 2.55. The molecule has 1 heterocycles. The first-order chi connectivity index (χ1) is 11.7. The number of halogens is 1. The molecule has 0 saturated carbocycles. The Bertz CT molecular complexity index is 830. The Morgan fingerprint density at radius 1 is 1.25 bits per heavy atom. The number of para-hydroxylation sites is 1. The molecule has 2 aromatic carbocycles. The van der Waals surface area contributed by atoms with Crippen LogP contribution in [0.4, 0.5) is 0 Å². The number of carbonyl (C=O) groups is 1. The van der Waals surface area contributed by atoms with Crippen molar-refractivity contribution in [1.29, 1.82) is 0 Å². The molecule has 0 aliphatic rings. The van der Waals surface area contributed by atoms with Crippen LogP contribution >= 0.6 is 11.6 Å². The van der Waals surface area contributed by atoms with Crippen LogP contribution in [0.2, 0.25) is 5.02 Å². The fraction of sp³-hybridized carbons (Fsp3) is 0.222. The number of nitrogens with zero attached hydrogens (tertiary/aromatic N) is 1. The highest BCUT2D eigenvalue weighted by molar-refractivity contribution is 6.30. The summed E-state index contributed by atoms with van der Waals surface area (Å²) in [6, 6.07) is 14.5. The van der Waals surface area contributed by atoms with Crippen LogP contribution in [0.25, 0.3) is 11.0 Å². The van der Waals surface area contributed by atoms with Gasteiger partial charge in [0.15, 0.2) is 5.58 Å². The largest absolute Gasteiger partial charge is 0.382 e. The zero-order valence-electron chi connectivity index (χ0n) is 13.2. The van der Waals surface area contributed by atoms with E-state index in [0.29, 0.717) is 22.9 Å². The van der Waals surface area contributed by atoms with Gasteiger partial charge in [-0.25, -0.2) is 0 Å². The van der Waals surface area contributed by atoms with E-state index in [1.54, 1.807) is 19.2 Å². The third-order valence-electron chi connectivity index (χ3n) is 3.72. The number of fused-ring (bicyclic) bond motifs is 1. The summed E-state index contributed by atoms with van der Waals surface area (Å²) in [4.78, 5) is 12.4. The number of carbonyl (C=O) groups excluding carboxylic acids is 1. The summed E-state index contributed by atoms with van der Waals surface area (Å²) in [5.74, 6) is -0.147. The smallest absolute Gasteiger partial charge is 0.226 e. The first-order valence-electron chi connectivity index (χ1n) is 7.54. The molecule has 1 amide bonds. The van der Waals surface area contributed by atoms with Crippen molar-refractivity contribution in [2.75, 3.05) is 13.7 Å². The van der Waals surface area contributed by atoms with Crippen LogP contribution in [0.1, 0.15) is 17.3 Å². The molecular formula is C18H17ClN2O3. The van der Waals surface area contributed by atoms with Gasteiger partial charge in [-0.1, -0.05) is 41.0 Å². The minimum Gasteiger partial charge on any atom is -0.382 e. The highest BCUT2D eigenvalue weighted by Crippen LogP contribution is 2.20. The Morgan fingerprint density at radius 3 is 2.75 bits per heavy atom. The van der Waals surface area contributed by atoms with E-state index < -0.39 is 0 Å². The molecule has 0 saturated heterocycles. The minimum atomic E-state index is -0.252. The molecule has 1 N–H and O–H groups in total. The number of hydrogen-bond donors (Lipinski definition) is 1. The number of amides is 1. The predicted molar refractivity (Wildman–Crippen MR) is 91.9 cm³/mol. The van der Waals surface area contributed by atoms with E-state index in [9.17, 15) is 4.79 Å². The van der Waals surface area contributed by atoms with Crippen molar-refractivity contribution in [1.82, 2.24) is 10.5 Å². The first-order valence-corrected chi connectivity index (χ1v) is 7.92. The number of aromatic nitrogens is 1. The average molecular weight is 345 g/mol. The van der Waals surface area contributed by atoms with Crippen molar-refractivity contribution in [2.24, 2.45) is 0 Å². The van der Waals surface area contributed by atoms with Crippen LogP contribution in [0, 0.1) is 0 Å². The molecule has 1 atom stereocenters. The maximum atomic E-state index is 12.4. The van der Waals surface area contributed by atoms with E-state index in [0.717, 1.165) is 10.9 Å². The second-order valence-corrected chi connectivity index (χ2v) is 5.87. The third kappa shape index (κ3) is 3.75. The second kappa shape index (κ2) is 7.47. The molecule has 3 aromatic rings. The maximum Gasteiger partial charge on any atom is 0.226 e. The molecule has 5 nitrogen and oxygen atoms in total. The molecule has 1 aromatic heterocycles. The van der Waals surface area contributed by atoms with Crippen LogP contribution in [0.3, 0.4) is 0 Å². The van der Waals surface area contributed by atoms with Crippen LogP contribution < -0.4 is 5.32 Å². The molecule has 0 radical (unpaired) electrons. The Morgan fingerprint density at radius 2 is 2.00 bits per heavy atom. The topological polar surface area (TPSA) is 64.4 Å². The summed E-state index contributed by atoms with van der Waals surface area (Å²) in [7, 11) is 1.60. The quantitative estimate of drug-likeness (QED) is 0.743. The Kier molecular flexibility index (Phi) is 5.13. The van der Waals surface area contributed by atoms with Gasteiger partial charge in [0.05, 0.1) is 19.1 Å². The molecule has 124 valence electrons. The number of benzene rings is 2. The monoisotopic (exact) mass is 344 g/mol. The molecule has 0 aliphatic heterocycles. The molecular weight excluding hydrogens is 328 g/mol. The maximum absolute atomic E-state index is 12.4. The van der Waals surface area contributed by atoms with Crippen molar-refractivity contribution in [3.05, 3.63) is 64.8 Å². The van der Waals surface area contributed by atoms with Gasteiger partial charge in [0.1, 0.15) is 5.69 Å². The predicted octanol–water partition coefficient (Wildman–Crippen LogP) is 3.53. The van der Waals surface area contributed by atoms with Crippen molar-refractivity contribution in [3.8, 4) is 0 Å². The summed E-state index contributed by atoms with van der Waals surface area (Å²) in [6.07, 6.45) is 0.144. The normalized spacial score (nSPS) is 12.2. The zero-order chi connectivity index (χ0) is 16.9. The van der Waals surface area contributed by atoms with Gasteiger partial charge in [-0.3, -0.25) is 4.79 Å². The van der Waals surface area contributed by atoms with Crippen molar-refractivity contribution in [3.63, 3.8) is 0 Å². The van der Waals surface area contributed by atoms with Gasteiger partial charge in [0, 0.05) is 17.5 Å². The summed E-state index contributed by atoms with van der Waals surface area (Å²) < 4.78 is 10.4. The van der Waals surface area contributed by atoms with Crippen molar-refractivity contribution >= 4 is 28.5 Å². The lowest BCUT2D eigenvalue weighted by Crippen LogP contribution is -2.32. The summed E-state index contributed by atoms with van der Waals surface area (Å²) in [5, 5.41) is 8.45. The van der Waals surface area contributed by atoms with Gasteiger partial charge in [-0.05, 0) is 29.8 Å². The van der Waals surface area contributed by atoms with Gasteiger partial charge >= 0.3 is 0 Å². The van der Waals surface area contributed by atoms with E-state index in [1.807, 2.05) is 36.4 Å². The van der Waals surface area contributed by atoms with Gasteiger partial charge in [-0.2, -0.15) is 0 Å². The first kappa shape index (κ1) is 16.5. The second-order valence-electron chi connectivity index (χ2n) is 5.43. The Labute approximate surface area is 144 Å². The van der Waals surface area contributed by atoms with Crippen molar-refractivity contribution < 1.29 is 14.1 Å². The average Bonchev–Trinajstić information content (AvgIpc) is 2.98. The molecule has 24 heavy (non-hydrogen) atoms. The van der Waals surface area contributed by atoms with Gasteiger partial charge < -0.3 is 14.6 Å². The summed E-state index contributed by atoms with van der Waals surface area (Å²) in [5.41, 5.74) is 2.22. The zero-order valence-corrected chi connectivity index (χ0v) is 13.9. The van der Waals surface area contributed by atoms with Crippen molar-refractivity contribution in [2.45, 2.75) is 12.5 Å². The highest BCUT2D eigenvalue weighted by atomic mass is 35.5.